The van der Waals surface area contributed by atoms with Gasteiger partial charge in [0.2, 0.25) is 0 Å². The highest BCUT2D eigenvalue weighted by Crippen LogP contribution is 2.32. The number of hydrogen-bond donors (Lipinski definition) is 1. The van der Waals surface area contributed by atoms with Crippen molar-refractivity contribution < 1.29 is 4.39 Å². The molecule has 1 N–H and O–H groups in total. The molecule has 0 fully saturated rings. The van der Waals surface area contributed by atoms with Gasteiger partial charge in [-0.15, -0.1) is 0 Å². The Hall–Kier alpha value is -2.40. The molecule has 4 aromatic rings. The van der Waals surface area contributed by atoms with Crippen molar-refractivity contribution in [2.45, 2.75) is 6.92 Å². The Bertz CT molecular complexity index is 986. The van der Waals surface area contributed by atoms with Gasteiger partial charge in [0, 0.05) is 5.39 Å². The molecule has 4 nitrogen and oxygen atoms in total. The first kappa shape index (κ1) is 12.3. The second kappa shape index (κ2) is 4.30. The number of H-pyrrole nitrogens is 1. The topological polar surface area (TPSA) is 46.5 Å². The number of pyridine rings is 1. The molecule has 0 saturated heterocycles. The van der Waals surface area contributed by atoms with Gasteiger partial charge >= 0.3 is 0 Å². The molecule has 0 amide bonds. The van der Waals surface area contributed by atoms with Gasteiger partial charge in [0.25, 0.3) is 0 Å². The van der Waals surface area contributed by atoms with Crippen LogP contribution in [0.15, 0.2) is 36.5 Å². The lowest BCUT2D eigenvalue weighted by Gasteiger charge is -2.09. The highest BCUT2D eigenvalue weighted by Gasteiger charge is 2.16. The first-order valence-electron chi connectivity index (χ1n) is 6.42. The molecule has 0 spiro atoms. The van der Waals surface area contributed by atoms with E-state index in [0.29, 0.717) is 5.15 Å². The van der Waals surface area contributed by atoms with E-state index in [1.54, 1.807) is 18.3 Å². The van der Waals surface area contributed by atoms with Gasteiger partial charge in [-0.05, 0) is 37.3 Å². The van der Waals surface area contributed by atoms with Crippen molar-refractivity contribution in [2.24, 2.45) is 0 Å². The Morgan fingerprint density at radius 3 is 2.86 bits per heavy atom. The summed E-state index contributed by atoms with van der Waals surface area (Å²) in [6, 6.07) is 8.35. The first-order chi connectivity index (χ1) is 10.1. The van der Waals surface area contributed by atoms with Crippen molar-refractivity contribution >= 4 is 33.5 Å². The molecule has 3 heterocycles. The third kappa shape index (κ3) is 1.74. The summed E-state index contributed by atoms with van der Waals surface area (Å²) < 4.78 is 15.5. The molecule has 0 atom stereocenters. The predicted octanol–water partition coefficient (Wildman–Crippen LogP) is 4.00. The van der Waals surface area contributed by atoms with Gasteiger partial charge in [-0.3, -0.25) is 5.10 Å². The zero-order valence-corrected chi connectivity index (χ0v) is 11.8. The van der Waals surface area contributed by atoms with Crippen molar-refractivity contribution in [1.82, 2.24) is 19.7 Å². The standard InChI is InChI=1S/C15H10ClFN4/c1-8-11(4-5-14(16)19-8)21-12-3-2-9(17)6-10(12)15-13(21)7-18-20-15/h2-7H,1H3,(H,18,20). The van der Waals surface area contributed by atoms with Crippen LogP contribution in [0.3, 0.4) is 0 Å². The Kier molecular flexibility index (Phi) is 2.53. The van der Waals surface area contributed by atoms with Crippen LogP contribution < -0.4 is 0 Å². The van der Waals surface area contributed by atoms with E-state index >= 15 is 0 Å². The van der Waals surface area contributed by atoms with E-state index in [2.05, 4.69) is 15.2 Å². The van der Waals surface area contributed by atoms with Gasteiger partial charge in [0.1, 0.15) is 11.0 Å². The first-order valence-corrected chi connectivity index (χ1v) is 6.79. The summed E-state index contributed by atoms with van der Waals surface area (Å²) in [6.07, 6.45) is 1.72. The van der Waals surface area contributed by atoms with Gasteiger partial charge < -0.3 is 4.57 Å². The number of halogens is 2. The number of benzene rings is 1. The smallest absolute Gasteiger partial charge is 0.129 e. The van der Waals surface area contributed by atoms with Crippen LogP contribution in [0.5, 0.6) is 0 Å². The summed E-state index contributed by atoms with van der Waals surface area (Å²) in [7, 11) is 0. The molecule has 0 aliphatic rings. The van der Waals surface area contributed by atoms with Crippen molar-refractivity contribution in [3.8, 4) is 5.69 Å². The Morgan fingerprint density at radius 1 is 1.19 bits per heavy atom. The summed E-state index contributed by atoms with van der Waals surface area (Å²) in [5, 5.41) is 8.22. The van der Waals surface area contributed by atoms with Crippen molar-refractivity contribution in [3.63, 3.8) is 0 Å². The lowest BCUT2D eigenvalue weighted by Crippen LogP contribution is -1.98. The van der Waals surface area contributed by atoms with E-state index in [4.69, 9.17) is 11.6 Å². The van der Waals surface area contributed by atoms with Crippen LogP contribution in [0.1, 0.15) is 5.69 Å². The third-order valence-corrected chi connectivity index (χ3v) is 3.80. The maximum atomic E-state index is 13.5. The molecule has 0 bridgehead atoms. The van der Waals surface area contributed by atoms with Gasteiger partial charge in [-0.1, -0.05) is 11.6 Å². The average Bonchev–Trinajstić information content (AvgIpc) is 3.00. The third-order valence-electron chi connectivity index (χ3n) is 3.59. The zero-order chi connectivity index (χ0) is 14.6. The summed E-state index contributed by atoms with van der Waals surface area (Å²) in [4.78, 5) is 4.29. The number of aromatic amines is 1. The summed E-state index contributed by atoms with van der Waals surface area (Å²) in [6.45, 7) is 1.89. The maximum Gasteiger partial charge on any atom is 0.129 e. The molecular weight excluding hydrogens is 291 g/mol. The fraction of sp³-hybridized carbons (Fsp3) is 0.0667. The van der Waals surface area contributed by atoms with Crippen LogP contribution in [-0.2, 0) is 0 Å². The van der Waals surface area contributed by atoms with E-state index < -0.39 is 0 Å². The zero-order valence-electron chi connectivity index (χ0n) is 11.1. The monoisotopic (exact) mass is 300 g/mol. The Balaban J connectivity index is 2.17. The molecule has 3 aromatic heterocycles. The lowest BCUT2D eigenvalue weighted by atomic mass is 10.2. The molecule has 1 aromatic carbocycles. The largest absolute Gasteiger partial charge is 0.304 e. The molecule has 0 unspecified atom stereocenters. The molecule has 4 rings (SSSR count). The molecular formula is C15H10ClFN4. The number of fused-ring (bicyclic) bond motifs is 3. The molecule has 0 radical (unpaired) electrons. The molecule has 6 heteroatoms. The predicted molar refractivity (Wildman–Crippen MR) is 80.4 cm³/mol. The van der Waals surface area contributed by atoms with Gasteiger partial charge in [0.15, 0.2) is 0 Å². The number of nitrogens with one attached hydrogen (secondary N) is 1. The minimum absolute atomic E-state index is 0.276. The molecule has 21 heavy (non-hydrogen) atoms. The fourth-order valence-electron chi connectivity index (χ4n) is 2.70. The van der Waals surface area contributed by atoms with Gasteiger partial charge in [-0.2, -0.15) is 5.10 Å². The molecule has 104 valence electrons. The van der Waals surface area contributed by atoms with Crippen LogP contribution in [0.2, 0.25) is 5.15 Å². The minimum Gasteiger partial charge on any atom is -0.304 e. The normalized spacial score (nSPS) is 11.6. The molecule has 0 saturated carbocycles. The summed E-state index contributed by atoms with van der Waals surface area (Å²) in [5.74, 6) is -0.276. The Labute approximate surface area is 124 Å². The Morgan fingerprint density at radius 2 is 2.05 bits per heavy atom. The molecule has 0 aliphatic carbocycles. The average molecular weight is 301 g/mol. The fourth-order valence-corrected chi connectivity index (χ4v) is 2.89. The SMILES string of the molecule is Cc1nc(Cl)ccc1-n1c2ccc(F)cc2c2[nH]ncc21. The van der Waals surface area contributed by atoms with E-state index in [1.165, 1.54) is 12.1 Å². The second-order valence-corrected chi connectivity index (χ2v) is 5.25. The van der Waals surface area contributed by atoms with E-state index in [0.717, 1.165) is 33.3 Å². The highest BCUT2D eigenvalue weighted by atomic mass is 35.5. The van der Waals surface area contributed by atoms with E-state index in [1.807, 2.05) is 17.6 Å². The number of nitrogens with zero attached hydrogens (tertiary/aromatic N) is 3. The van der Waals surface area contributed by atoms with Crippen LogP contribution in [0.25, 0.3) is 27.6 Å². The van der Waals surface area contributed by atoms with E-state index in [-0.39, 0.29) is 5.82 Å². The van der Waals surface area contributed by atoms with E-state index in [9.17, 15) is 4.39 Å². The summed E-state index contributed by atoms with van der Waals surface area (Å²) in [5.41, 5.74) is 4.27. The quantitative estimate of drug-likeness (QED) is 0.540. The lowest BCUT2D eigenvalue weighted by molar-refractivity contribution is 0.629. The van der Waals surface area contributed by atoms with Gasteiger partial charge in [-0.25, -0.2) is 9.37 Å². The van der Waals surface area contributed by atoms with Crippen molar-refractivity contribution in [3.05, 3.63) is 53.2 Å². The van der Waals surface area contributed by atoms with Crippen molar-refractivity contribution in [1.29, 1.82) is 0 Å². The number of rotatable bonds is 1. The van der Waals surface area contributed by atoms with Crippen LogP contribution in [0.4, 0.5) is 4.39 Å². The van der Waals surface area contributed by atoms with Crippen LogP contribution >= 0.6 is 11.6 Å². The number of aromatic nitrogens is 4. The summed E-state index contributed by atoms with van der Waals surface area (Å²) >= 11 is 5.93. The van der Waals surface area contributed by atoms with Crippen LogP contribution in [-0.4, -0.2) is 19.7 Å². The number of hydrogen-bond acceptors (Lipinski definition) is 2. The van der Waals surface area contributed by atoms with Gasteiger partial charge in [0.05, 0.1) is 34.1 Å². The minimum atomic E-state index is -0.276. The molecule has 0 aliphatic heterocycles. The van der Waals surface area contributed by atoms with Crippen molar-refractivity contribution in [2.75, 3.05) is 0 Å². The van der Waals surface area contributed by atoms with Crippen LogP contribution in [0, 0.1) is 12.7 Å². The number of aryl methyl sites for hydroxylation is 1. The maximum absolute atomic E-state index is 13.5. The highest BCUT2D eigenvalue weighted by molar-refractivity contribution is 6.29. The second-order valence-electron chi connectivity index (χ2n) is 4.87.